The summed E-state index contributed by atoms with van der Waals surface area (Å²) in [6.45, 7) is 0. The van der Waals surface area contributed by atoms with Crippen molar-refractivity contribution < 1.29 is 32.9 Å². The maximum absolute atomic E-state index is 6.11. The molecule has 22 heteroatoms. The zero-order valence-corrected chi connectivity index (χ0v) is 21.3. The monoisotopic (exact) mass is 576 g/mol. The van der Waals surface area contributed by atoms with Crippen LogP contribution in [0.4, 0.5) is 0 Å². The molecular formula is Cl8O8Si6. The van der Waals surface area contributed by atoms with Gasteiger partial charge in [0.25, 0.3) is 0 Å². The Morgan fingerprint density at radius 3 is 0.682 bits per heavy atom. The third-order valence-corrected chi connectivity index (χ3v) is 31.3. The molecule has 4 bridgehead atoms. The van der Waals surface area contributed by atoms with Gasteiger partial charge in [0.1, 0.15) is 0 Å². The van der Waals surface area contributed by atoms with E-state index in [1.54, 1.807) is 0 Å². The van der Waals surface area contributed by atoms with Crippen LogP contribution in [0, 0.1) is 0 Å². The first-order chi connectivity index (χ1) is 9.66. The molecule has 3 aliphatic rings. The average molecular weight is 580 g/mol. The van der Waals surface area contributed by atoms with Gasteiger partial charge in [-0.3, -0.25) is 0 Å². The molecule has 0 aromatic rings. The molecule has 0 aromatic heterocycles. The Labute approximate surface area is 167 Å². The van der Waals surface area contributed by atoms with Crippen molar-refractivity contribution in [2.45, 2.75) is 0 Å². The summed E-state index contributed by atoms with van der Waals surface area (Å²) < 4.78 is 41.6. The summed E-state index contributed by atoms with van der Waals surface area (Å²) in [5.74, 6) is 0. The zero-order valence-electron chi connectivity index (χ0n) is 9.29. The molecule has 0 atom stereocenters. The number of fused-ring (bicyclic) bond motifs is 4. The number of hydrogen-bond acceptors (Lipinski definition) is 8. The number of halogens is 8. The molecule has 0 N–H and O–H groups in total. The van der Waals surface area contributed by atoms with Crippen LogP contribution >= 0.6 is 88.6 Å². The Morgan fingerprint density at radius 2 is 0.500 bits per heavy atom. The van der Waals surface area contributed by atoms with Crippen molar-refractivity contribution in [2.75, 3.05) is 0 Å². The minimum absolute atomic E-state index is 3.90. The summed E-state index contributed by atoms with van der Waals surface area (Å²) in [6.07, 6.45) is 0. The highest BCUT2D eigenvalue weighted by molar-refractivity contribution is 7.48. The molecule has 0 saturated carbocycles. The van der Waals surface area contributed by atoms with Gasteiger partial charge in [-0.15, -0.1) is 0 Å². The van der Waals surface area contributed by atoms with E-state index in [2.05, 4.69) is 0 Å². The molecule has 3 fully saturated rings. The summed E-state index contributed by atoms with van der Waals surface area (Å²) >= 11 is 48.0. The lowest BCUT2D eigenvalue weighted by Crippen LogP contribution is -2.77. The molecule has 22 heavy (non-hydrogen) atoms. The highest BCUT2D eigenvalue weighted by Crippen LogP contribution is 2.49. The van der Waals surface area contributed by atoms with Crippen molar-refractivity contribution in [2.24, 2.45) is 0 Å². The first kappa shape index (κ1) is 20.0. The Kier molecular flexibility index (Phi) is 5.37. The fourth-order valence-electron chi connectivity index (χ4n) is 1.44. The van der Waals surface area contributed by atoms with Gasteiger partial charge in [0.15, 0.2) is 0 Å². The second-order valence-corrected chi connectivity index (χ2v) is 28.6. The molecule has 0 radical (unpaired) electrons. The molecule has 0 unspecified atom stereocenters. The minimum Gasteiger partial charge on any atom is -0.358 e. The van der Waals surface area contributed by atoms with Gasteiger partial charge in [-0.1, -0.05) is 88.6 Å². The van der Waals surface area contributed by atoms with E-state index in [1.807, 2.05) is 0 Å². The second kappa shape index (κ2) is 5.90. The molecule has 3 aliphatic heterocycles. The SMILES string of the molecule is Cl[Si]1(Cl)O[Si]2(Cl)O[Si](Cl)(O1)O[Si]1(Cl)O[Si](Cl)(Cl)O[Si](Cl)(O1)O2. The molecule has 0 amide bonds. The molecule has 3 heterocycles. The third kappa shape index (κ3) is 4.40. The van der Waals surface area contributed by atoms with Gasteiger partial charge in [0.05, 0.1) is 0 Å². The second-order valence-electron chi connectivity index (χ2n) is 3.67. The normalized spacial score (nSPS) is 53.5. The lowest BCUT2D eigenvalue weighted by molar-refractivity contribution is 0.0752. The maximum atomic E-state index is 6.11. The van der Waals surface area contributed by atoms with E-state index in [9.17, 15) is 0 Å². The van der Waals surface area contributed by atoms with Gasteiger partial charge in [-0.05, 0) is 0 Å². The van der Waals surface area contributed by atoms with Crippen molar-refractivity contribution in [1.82, 2.24) is 0 Å². The fraction of sp³-hybridized carbons (Fsp3) is 0. The lowest BCUT2D eigenvalue weighted by atomic mass is 15.6. The van der Waals surface area contributed by atoms with Gasteiger partial charge in [-0.25, -0.2) is 0 Å². The summed E-state index contributed by atoms with van der Waals surface area (Å²) in [7, 11) is -24.5. The van der Waals surface area contributed by atoms with Crippen LogP contribution < -0.4 is 0 Å². The van der Waals surface area contributed by atoms with Crippen molar-refractivity contribution in [3.05, 3.63) is 0 Å². The average Bonchev–Trinajstić information content (AvgIpc) is 1.99. The summed E-state index contributed by atoms with van der Waals surface area (Å²) in [4.78, 5) is 0. The van der Waals surface area contributed by atoms with Crippen LogP contribution in [0.1, 0.15) is 0 Å². The molecule has 0 spiro atoms. The van der Waals surface area contributed by atoms with Crippen LogP contribution in [-0.2, 0) is 32.9 Å². The number of hydrogen-bond donors (Lipinski definition) is 0. The smallest absolute Gasteiger partial charge is 0.358 e. The first-order valence-corrected chi connectivity index (χ1v) is 23.4. The highest BCUT2D eigenvalue weighted by atomic mass is 35.7. The van der Waals surface area contributed by atoms with Crippen LogP contribution in [0.3, 0.4) is 0 Å². The zero-order chi connectivity index (χ0) is 16.7. The van der Waals surface area contributed by atoms with Crippen LogP contribution in [-0.4, -0.2) is 46.8 Å². The van der Waals surface area contributed by atoms with Gasteiger partial charge in [0.2, 0.25) is 0 Å². The van der Waals surface area contributed by atoms with E-state index in [0.717, 1.165) is 0 Å². The molecular weight excluding hydrogens is 580 g/mol. The summed E-state index contributed by atoms with van der Waals surface area (Å²) in [5, 5.41) is 0. The highest BCUT2D eigenvalue weighted by Gasteiger charge is 2.79. The van der Waals surface area contributed by atoms with E-state index < -0.39 is 46.8 Å². The van der Waals surface area contributed by atoms with Crippen molar-refractivity contribution >= 4 is 135 Å². The molecule has 128 valence electrons. The Bertz CT molecular complexity index is 427. The van der Waals surface area contributed by atoms with Gasteiger partial charge in [0, 0.05) is 0 Å². The van der Waals surface area contributed by atoms with Crippen LogP contribution in [0.25, 0.3) is 0 Å². The van der Waals surface area contributed by atoms with Crippen LogP contribution in [0.2, 0.25) is 0 Å². The predicted molar refractivity (Wildman–Crippen MR) is 90.0 cm³/mol. The largest absolute Gasteiger partial charge is 0.592 e. The predicted octanol–water partition coefficient (Wildman–Crippen LogP) is 2.68. The van der Waals surface area contributed by atoms with E-state index in [1.165, 1.54) is 0 Å². The topological polar surface area (TPSA) is 73.8 Å². The van der Waals surface area contributed by atoms with E-state index in [0.29, 0.717) is 0 Å². The summed E-state index contributed by atoms with van der Waals surface area (Å²) in [5.41, 5.74) is 0. The van der Waals surface area contributed by atoms with Gasteiger partial charge >= 0.3 is 46.8 Å². The first-order valence-electron chi connectivity index (χ1n) is 4.78. The Morgan fingerprint density at radius 1 is 0.318 bits per heavy atom. The van der Waals surface area contributed by atoms with Crippen molar-refractivity contribution in [3.63, 3.8) is 0 Å². The van der Waals surface area contributed by atoms with Crippen LogP contribution in [0.5, 0.6) is 0 Å². The Balaban J connectivity index is 2.05. The van der Waals surface area contributed by atoms with E-state index in [4.69, 9.17) is 122 Å². The fourth-order valence-corrected chi connectivity index (χ4v) is 41.0. The van der Waals surface area contributed by atoms with Crippen molar-refractivity contribution in [1.29, 1.82) is 0 Å². The van der Waals surface area contributed by atoms with Crippen LogP contribution in [0.15, 0.2) is 0 Å². The van der Waals surface area contributed by atoms with E-state index >= 15 is 0 Å². The lowest BCUT2D eigenvalue weighted by Gasteiger charge is -2.49. The molecule has 0 aromatic carbocycles. The van der Waals surface area contributed by atoms with E-state index in [-0.39, 0.29) is 0 Å². The van der Waals surface area contributed by atoms with Gasteiger partial charge in [-0.2, -0.15) is 0 Å². The number of rotatable bonds is 0. The molecule has 3 saturated heterocycles. The van der Waals surface area contributed by atoms with Crippen molar-refractivity contribution in [3.8, 4) is 0 Å². The maximum Gasteiger partial charge on any atom is 0.592 e. The molecule has 8 nitrogen and oxygen atoms in total. The molecule has 0 aliphatic carbocycles. The Hall–Kier alpha value is 3.30. The molecule has 3 rings (SSSR count). The summed E-state index contributed by atoms with van der Waals surface area (Å²) in [6, 6.07) is 0. The third-order valence-electron chi connectivity index (χ3n) is 1.94. The minimum atomic E-state index is -4.18. The quantitative estimate of drug-likeness (QED) is 0.320. The standard InChI is InChI=1S/Cl8O8Si6/c1-17(2)9-19(5)13-20(6,10-17)16-22(8)12-18(3,4)11-21(7,14-22)15-19. The van der Waals surface area contributed by atoms with Gasteiger partial charge < -0.3 is 32.9 Å².